The molecule has 1 N–H and O–H groups in total. The van der Waals surface area contributed by atoms with E-state index in [1.54, 1.807) is 12.3 Å². The molecule has 0 spiro atoms. The summed E-state index contributed by atoms with van der Waals surface area (Å²) in [7, 11) is 0. The van der Waals surface area contributed by atoms with E-state index in [9.17, 15) is 4.79 Å². The smallest absolute Gasteiger partial charge is 0.287 e. The third-order valence-electron chi connectivity index (χ3n) is 3.00. The van der Waals surface area contributed by atoms with Gasteiger partial charge in [0.2, 0.25) is 0 Å². The first-order valence-corrected chi connectivity index (χ1v) is 6.26. The third-order valence-corrected chi connectivity index (χ3v) is 3.37. The number of halogens is 1. The van der Waals surface area contributed by atoms with E-state index in [2.05, 4.69) is 17.0 Å². The highest BCUT2D eigenvalue weighted by molar-refractivity contribution is 6.32. The Hall–Kier alpha value is -1.33. The van der Waals surface area contributed by atoms with Gasteiger partial charge in [-0.2, -0.15) is 5.10 Å². The molecule has 0 aromatic carbocycles. The summed E-state index contributed by atoms with van der Waals surface area (Å²) in [6.45, 7) is 6.63. The van der Waals surface area contributed by atoms with Gasteiger partial charge < -0.3 is 10.1 Å². The van der Waals surface area contributed by atoms with Gasteiger partial charge in [0.15, 0.2) is 0 Å². The molecule has 18 heavy (non-hydrogen) atoms. The van der Waals surface area contributed by atoms with Crippen molar-refractivity contribution in [3.8, 4) is 0 Å². The molecular formula is C12H16ClN3O2. The van der Waals surface area contributed by atoms with Crippen molar-refractivity contribution in [3.63, 3.8) is 0 Å². The number of ether oxygens (including phenoxy) is 1. The Bertz CT molecular complexity index is 501. The number of nitrogens with zero attached hydrogens (tertiary/aromatic N) is 2. The molecule has 2 atom stereocenters. The van der Waals surface area contributed by atoms with Crippen molar-refractivity contribution in [2.24, 2.45) is 0 Å². The van der Waals surface area contributed by atoms with E-state index < -0.39 is 0 Å². The van der Waals surface area contributed by atoms with Gasteiger partial charge in [-0.3, -0.25) is 4.79 Å². The molecule has 98 valence electrons. The van der Waals surface area contributed by atoms with Crippen LogP contribution < -0.4 is 10.9 Å². The minimum atomic E-state index is -0.312. The van der Waals surface area contributed by atoms with Crippen LogP contribution >= 0.6 is 11.6 Å². The molecule has 2 unspecified atom stereocenters. The van der Waals surface area contributed by atoms with Crippen molar-refractivity contribution in [3.05, 3.63) is 34.2 Å². The Morgan fingerprint density at radius 2 is 2.56 bits per heavy atom. The van der Waals surface area contributed by atoms with Crippen molar-refractivity contribution in [2.75, 3.05) is 11.9 Å². The molecule has 1 saturated heterocycles. The fraction of sp³-hybridized carbons (Fsp3) is 0.500. The van der Waals surface area contributed by atoms with Crippen molar-refractivity contribution in [2.45, 2.75) is 32.0 Å². The topological polar surface area (TPSA) is 56.1 Å². The number of hydrogen-bond donors (Lipinski definition) is 1. The van der Waals surface area contributed by atoms with Crippen LogP contribution in [-0.2, 0) is 11.3 Å². The zero-order valence-corrected chi connectivity index (χ0v) is 11.0. The van der Waals surface area contributed by atoms with Crippen LogP contribution in [0.1, 0.15) is 13.3 Å². The van der Waals surface area contributed by atoms with Crippen LogP contribution in [0.25, 0.3) is 0 Å². The lowest BCUT2D eigenvalue weighted by Gasteiger charge is -2.18. The zero-order valence-electron chi connectivity index (χ0n) is 10.2. The minimum absolute atomic E-state index is 0.108. The maximum Gasteiger partial charge on any atom is 0.287 e. The first kappa shape index (κ1) is 13.1. The molecule has 1 aliphatic rings. The van der Waals surface area contributed by atoms with Crippen molar-refractivity contribution >= 4 is 17.3 Å². The van der Waals surface area contributed by atoms with E-state index in [-0.39, 0.29) is 22.7 Å². The van der Waals surface area contributed by atoms with Gasteiger partial charge in [-0.15, -0.1) is 6.58 Å². The zero-order chi connectivity index (χ0) is 13.1. The van der Waals surface area contributed by atoms with Crippen molar-refractivity contribution < 1.29 is 4.74 Å². The van der Waals surface area contributed by atoms with E-state index in [0.717, 1.165) is 13.0 Å². The van der Waals surface area contributed by atoms with Gasteiger partial charge in [-0.1, -0.05) is 17.7 Å². The molecule has 2 rings (SSSR count). The lowest BCUT2D eigenvalue weighted by atomic mass is 10.1. The van der Waals surface area contributed by atoms with Crippen LogP contribution in [-0.4, -0.2) is 28.5 Å². The molecule has 0 aliphatic carbocycles. The monoisotopic (exact) mass is 269 g/mol. The van der Waals surface area contributed by atoms with Gasteiger partial charge in [0, 0.05) is 6.61 Å². The van der Waals surface area contributed by atoms with E-state index >= 15 is 0 Å². The fourth-order valence-corrected chi connectivity index (χ4v) is 2.14. The highest BCUT2D eigenvalue weighted by atomic mass is 35.5. The van der Waals surface area contributed by atoms with Gasteiger partial charge in [0.1, 0.15) is 5.02 Å². The third kappa shape index (κ3) is 2.57. The van der Waals surface area contributed by atoms with Crippen LogP contribution in [0.5, 0.6) is 0 Å². The average molecular weight is 270 g/mol. The molecule has 0 amide bonds. The SMILES string of the molecule is C=CCn1ncc(NC2CCOC2C)c(Cl)c1=O. The molecule has 1 fully saturated rings. The van der Waals surface area contributed by atoms with Crippen LogP contribution in [0, 0.1) is 0 Å². The molecule has 6 heteroatoms. The first-order valence-electron chi connectivity index (χ1n) is 5.88. The summed E-state index contributed by atoms with van der Waals surface area (Å²) in [6.07, 6.45) is 4.17. The van der Waals surface area contributed by atoms with E-state index in [1.807, 2.05) is 6.92 Å². The number of rotatable bonds is 4. The predicted molar refractivity (Wildman–Crippen MR) is 71.1 cm³/mol. The molecule has 1 aliphatic heterocycles. The molecule has 1 aromatic rings. The summed E-state index contributed by atoms with van der Waals surface area (Å²) in [4.78, 5) is 11.9. The number of nitrogens with one attached hydrogen (secondary N) is 1. The maximum absolute atomic E-state index is 11.9. The van der Waals surface area contributed by atoms with E-state index in [1.165, 1.54) is 4.68 Å². The largest absolute Gasteiger partial charge is 0.377 e. The highest BCUT2D eigenvalue weighted by Crippen LogP contribution is 2.22. The molecule has 0 bridgehead atoms. The molecule has 0 saturated carbocycles. The van der Waals surface area contributed by atoms with Crippen LogP contribution in [0.4, 0.5) is 5.69 Å². The second-order valence-corrected chi connectivity index (χ2v) is 4.64. The Balaban J connectivity index is 2.21. The molecule has 5 nitrogen and oxygen atoms in total. The average Bonchev–Trinajstić information content (AvgIpc) is 2.75. The summed E-state index contributed by atoms with van der Waals surface area (Å²) >= 11 is 6.05. The van der Waals surface area contributed by atoms with Crippen molar-refractivity contribution in [1.82, 2.24) is 9.78 Å². The molecule has 1 aromatic heterocycles. The van der Waals surface area contributed by atoms with Crippen LogP contribution in [0.3, 0.4) is 0 Å². The second-order valence-electron chi connectivity index (χ2n) is 4.26. The summed E-state index contributed by atoms with van der Waals surface area (Å²) in [6, 6.07) is 0.166. The maximum atomic E-state index is 11.9. The first-order chi connectivity index (χ1) is 8.63. The molecular weight excluding hydrogens is 254 g/mol. The molecule has 2 heterocycles. The van der Waals surface area contributed by atoms with E-state index in [4.69, 9.17) is 16.3 Å². The Morgan fingerprint density at radius 1 is 1.78 bits per heavy atom. The Morgan fingerprint density at radius 3 is 3.17 bits per heavy atom. The number of anilines is 1. The number of hydrogen-bond acceptors (Lipinski definition) is 4. The van der Waals surface area contributed by atoms with Gasteiger partial charge in [-0.05, 0) is 13.3 Å². The summed E-state index contributed by atoms with van der Waals surface area (Å²) in [5, 5.41) is 7.41. The van der Waals surface area contributed by atoms with E-state index in [0.29, 0.717) is 12.2 Å². The lowest BCUT2D eigenvalue weighted by molar-refractivity contribution is 0.121. The standard InChI is InChI=1S/C12H16ClN3O2/c1-3-5-16-12(17)11(13)10(7-14-16)15-9-4-6-18-8(9)2/h3,7-9,15H,1,4-6H2,2H3. The summed E-state index contributed by atoms with van der Waals surface area (Å²) in [5.41, 5.74) is 0.248. The Kier molecular flexibility index (Phi) is 4.04. The highest BCUT2D eigenvalue weighted by Gasteiger charge is 2.25. The predicted octanol–water partition coefficient (Wildman–Crippen LogP) is 1.67. The van der Waals surface area contributed by atoms with Gasteiger partial charge in [-0.25, -0.2) is 4.68 Å². The van der Waals surface area contributed by atoms with Crippen LogP contribution in [0.2, 0.25) is 5.02 Å². The number of allylic oxidation sites excluding steroid dienone is 1. The second kappa shape index (κ2) is 5.54. The van der Waals surface area contributed by atoms with Gasteiger partial charge in [0.25, 0.3) is 5.56 Å². The normalized spacial score (nSPS) is 23.0. The minimum Gasteiger partial charge on any atom is -0.377 e. The Labute approximate surface area is 110 Å². The fourth-order valence-electron chi connectivity index (χ4n) is 1.94. The molecule has 0 radical (unpaired) electrons. The summed E-state index contributed by atoms with van der Waals surface area (Å²) in [5.74, 6) is 0. The van der Waals surface area contributed by atoms with Gasteiger partial charge >= 0.3 is 0 Å². The summed E-state index contributed by atoms with van der Waals surface area (Å²) < 4.78 is 6.72. The van der Waals surface area contributed by atoms with Crippen molar-refractivity contribution in [1.29, 1.82) is 0 Å². The van der Waals surface area contributed by atoms with Gasteiger partial charge in [0.05, 0.1) is 30.6 Å². The lowest BCUT2D eigenvalue weighted by Crippen LogP contribution is -2.29. The van der Waals surface area contributed by atoms with Crippen LogP contribution in [0.15, 0.2) is 23.6 Å². The number of aromatic nitrogens is 2. The quantitative estimate of drug-likeness (QED) is 0.845.